The lowest BCUT2D eigenvalue weighted by Gasteiger charge is -2.29. The molecule has 2 aliphatic rings. The molecule has 0 fully saturated rings. The number of hydrogen-bond acceptors (Lipinski definition) is 4. The van der Waals surface area contributed by atoms with Crippen molar-refractivity contribution in [2.45, 2.75) is 6.17 Å². The highest BCUT2D eigenvalue weighted by Gasteiger charge is 2.35. The summed E-state index contributed by atoms with van der Waals surface area (Å²) in [5, 5.41) is 6.68. The van der Waals surface area contributed by atoms with E-state index in [9.17, 15) is 0 Å². The topological polar surface area (TPSA) is 31.7 Å². The van der Waals surface area contributed by atoms with Crippen LogP contribution in [0.15, 0.2) is 84.3 Å². The number of nitrogens with zero attached hydrogens (tertiary/aromatic N) is 4. The van der Waals surface area contributed by atoms with E-state index in [0.717, 1.165) is 11.7 Å². The molecule has 0 aliphatic carbocycles. The van der Waals surface area contributed by atoms with Crippen LogP contribution in [0.1, 0.15) is 11.7 Å². The second-order valence-electron chi connectivity index (χ2n) is 4.88. The van der Waals surface area contributed by atoms with Crippen LogP contribution in [0.4, 0.5) is 5.82 Å². The number of benzene rings is 1. The molecule has 3 heterocycles. The molecule has 2 aliphatic heterocycles. The van der Waals surface area contributed by atoms with Gasteiger partial charge in [-0.1, -0.05) is 42.5 Å². The van der Waals surface area contributed by atoms with Gasteiger partial charge in [-0.05, 0) is 29.8 Å². The summed E-state index contributed by atoms with van der Waals surface area (Å²) in [6.07, 6.45) is 9.88. The van der Waals surface area contributed by atoms with Gasteiger partial charge in [0, 0.05) is 12.4 Å². The number of aromatic nitrogens is 1. The van der Waals surface area contributed by atoms with Gasteiger partial charge in [-0.3, -0.25) is 0 Å². The van der Waals surface area contributed by atoms with Gasteiger partial charge in [-0.25, -0.2) is 9.99 Å². The molecular weight excluding hydrogens is 260 g/mol. The molecule has 0 saturated heterocycles. The zero-order valence-electron chi connectivity index (χ0n) is 11.4. The molecule has 4 rings (SSSR count). The minimum atomic E-state index is -0.00250. The van der Waals surface area contributed by atoms with E-state index in [1.54, 1.807) is 6.20 Å². The van der Waals surface area contributed by atoms with Crippen molar-refractivity contribution < 1.29 is 0 Å². The summed E-state index contributed by atoms with van der Waals surface area (Å²) in [6.45, 7) is 0. The standard InChI is InChI=1S/C17H14N4/c1-2-8-14(9-3-1)17-20-13-7-5-11-16(20)19-21(17)15-10-4-6-12-18-15/h1-13,17H. The highest BCUT2D eigenvalue weighted by atomic mass is 15.6. The number of pyridine rings is 1. The Morgan fingerprint density at radius 3 is 2.57 bits per heavy atom. The van der Waals surface area contributed by atoms with Crippen LogP contribution in [0.5, 0.6) is 0 Å². The third kappa shape index (κ3) is 2.01. The molecule has 1 unspecified atom stereocenters. The van der Waals surface area contributed by atoms with Crippen molar-refractivity contribution in [3.63, 3.8) is 0 Å². The Balaban J connectivity index is 1.82. The van der Waals surface area contributed by atoms with Gasteiger partial charge in [0.15, 0.2) is 17.8 Å². The van der Waals surface area contributed by atoms with Crippen LogP contribution in [0.25, 0.3) is 0 Å². The van der Waals surface area contributed by atoms with Crippen molar-refractivity contribution in [2.75, 3.05) is 5.01 Å². The second-order valence-corrected chi connectivity index (χ2v) is 4.88. The van der Waals surface area contributed by atoms with Crippen molar-refractivity contribution in [3.05, 3.63) is 84.7 Å². The number of rotatable bonds is 2. The molecule has 2 aromatic rings. The molecule has 1 aromatic heterocycles. The van der Waals surface area contributed by atoms with Gasteiger partial charge in [0.05, 0.1) is 0 Å². The molecule has 0 spiro atoms. The van der Waals surface area contributed by atoms with Gasteiger partial charge >= 0.3 is 0 Å². The molecule has 0 saturated carbocycles. The summed E-state index contributed by atoms with van der Waals surface area (Å²) in [5.74, 6) is 1.77. The Kier molecular flexibility index (Phi) is 2.78. The maximum Gasteiger partial charge on any atom is 0.156 e. The summed E-state index contributed by atoms with van der Waals surface area (Å²) in [7, 11) is 0. The van der Waals surface area contributed by atoms with Gasteiger partial charge in [0.2, 0.25) is 0 Å². The molecule has 0 amide bonds. The van der Waals surface area contributed by atoms with Crippen LogP contribution in [0.3, 0.4) is 0 Å². The largest absolute Gasteiger partial charge is 0.305 e. The Bertz CT molecular complexity index is 719. The Morgan fingerprint density at radius 1 is 0.905 bits per heavy atom. The van der Waals surface area contributed by atoms with E-state index >= 15 is 0 Å². The molecule has 0 radical (unpaired) electrons. The predicted octanol–water partition coefficient (Wildman–Crippen LogP) is 3.30. The van der Waals surface area contributed by atoms with Crippen LogP contribution in [-0.2, 0) is 0 Å². The number of anilines is 1. The van der Waals surface area contributed by atoms with Crippen LogP contribution >= 0.6 is 0 Å². The van der Waals surface area contributed by atoms with Crippen molar-refractivity contribution in [1.29, 1.82) is 0 Å². The van der Waals surface area contributed by atoms with Gasteiger partial charge in [0.25, 0.3) is 0 Å². The third-order valence-corrected chi connectivity index (χ3v) is 3.55. The zero-order chi connectivity index (χ0) is 14.1. The van der Waals surface area contributed by atoms with Crippen molar-refractivity contribution in [1.82, 2.24) is 9.88 Å². The SMILES string of the molecule is C1=CC2=NN(c3ccccn3)C(c3ccccc3)N2C=C1. The predicted molar refractivity (Wildman–Crippen MR) is 83.5 cm³/mol. The van der Waals surface area contributed by atoms with Crippen molar-refractivity contribution in [3.8, 4) is 0 Å². The van der Waals surface area contributed by atoms with Crippen molar-refractivity contribution in [2.24, 2.45) is 5.10 Å². The van der Waals surface area contributed by atoms with Gasteiger partial charge in [-0.2, -0.15) is 5.10 Å². The lowest BCUT2D eigenvalue weighted by molar-refractivity contribution is 0.432. The number of amidine groups is 1. The van der Waals surface area contributed by atoms with Gasteiger partial charge in [0.1, 0.15) is 0 Å². The van der Waals surface area contributed by atoms with Crippen molar-refractivity contribution >= 4 is 11.7 Å². The molecular formula is C17H14N4. The molecule has 0 bridgehead atoms. The smallest absolute Gasteiger partial charge is 0.156 e. The number of allylic oxidation sites excluding steroid dienone is 2. The van der Waals surface area contributed by atoms with Crippen LogP contribution in [0, 0.1) is 0 Å². The van der Waals surface area contributed by atoms with Crippen LogP contribution in [-0.4, -0.2) is 15.7 Å². The Morgan fingerprint density at radius 2 is 1.76 bits per heavy atom. The molecule has 4 heteroatoms. The third-order valence-electron chi connectivity index (χ3n) is 3.55. The lowest BCUT2D eigenvalue weighted by atomic mass is 10.1. The first kappa shape index (κ1) is 11.9. The quantitative estimate of drug-likeness (QED) is 0.842. The lowest BCUT2D eigenvalue weighted by Crippen LogP contribution is -2.31. The zero-order valence-corrected chi connectivity index (χ0v) is 11.4. The van der Waals surface area contributed by atoms with E-state index in [1.807, 2.05) is 59.6 Å². The molecule has 4 nitrogen and oxygen atoms in total. The van der Waals surface area contributed by atoms with Gasteiger partial charge < -0.3 is 4.90 Å². The minimum Gasteiger partial charge on any atom is -0.305 e. The van der Waals surface area contributed by atoms with E-state index in [-0.39, 0.29) is 6.17 Å². The summed E-state index contributed by atoms with van der Waals surface area (Å²) < 4.78 is 0. The first-order valence-electron chi connectivity index (χ1n) is 6.90. The Labute approximate surface area is 123 Å². The highest BCUT2D eigenvalue weighted by Crippen LogP contribution is 2.35. The minimum absolute atomic E-state index is 0.00250. The normalized spacial score (nSPS) is 19.6. The van der Waals surface area contributed by atoms with Gasteiger partial charge in [-0.15, -0.1) is 0 Å². The second kappa shape index (κ2) is 4.90. The summed E-state index contributed by atoms with van der Waals surface area (Å²) in [4.78, 5) is 6.60. The first-order valence-corrected chi connectivity index (χ1v) is 6.90. The summed E-state index contributed by atoms with van der Waals surface area (Å²) in [6, 6.07) is 16.2. The number of hydrazone groups is 1. The first-order chi connectivity index (χ1) is 10.4. The fourth-order valence-electron chi connectivity index (χ4n) is 2.61. The Hall–Kier alpha value is -2.88. The fraction of sp³-hybridized carbons (Fsp3) is 0.0588. The molecule has 21 heavy (non-hydrogen) atoms. The highest BCUT2D eigenvalue weighted by molar-refractivity contribution is 5.97. The number of hydrogen-bond donors (Lipinski definition) is 0. The average Bonchev–Trinajstić information content (AvgIpc) is 2.96. The van der Waals surface area contributed by atoms with E-state index in [0.29, 0.717) is 0 Å². The van der Waals surface area contributed by atoms with Crippen LogP contribution < -0.4 is 5.01 Å². The molecule has 102 valence electrons. The fourth-order valence-corrected chi connectivity index (χ4v) is 2.61. The maximum atomic E-state index is 4.71. The summed E-state index contributed by atoms with van der Waals surface area (Å²) >= 11 is 0. The van der Waals surface area contributed by atoms with E-state index in [1.165, 1.54) is 5.56 Å². The molecule has 1 aromatic carbocycles. The average molecular weight is 274 g/mol. The van der Waals surface area contributed by atoms with Crippen LogP contribution in [0.2, 0.25) is 0 Å². The summed E-state index contributed by atoms with van der Waals surface area (Å²) in [5.41, 5.74) is 1.18. The monoisotopic (exact) mass is 274 g/mol. The van der Waals surface area contributed by atoms with E-state index < -0.39 is 0 Å². The van der Waals surface area contributed by atoms with E-state index in [4.69, 9.17) is 5.10 Å². The molecule has 1 atom stereocenters. The number of fused-ring (bicyclic) bond motifs is 1. The van der Waals surface area contributed by atoms with E-state index in [2.05, 4.69) is 28.2 Å². The molecule has 0 N–H and O–H groups in total. The maximum absolute atomic E-state index is 4.71.